The van der Waals surface area contributed by atoms with E-state index >= 15 is 0 Å². The third-order valence-corrected chi connectivity index (χ3v) is 6.51. The number of likely N-dealkylation sites (tertiary alicyclic amines) is 1. The molecule has 0 saturated carbocycles. The zero-order chi connectivity index (χ0) is 25.2. The quantitative estimate of drug-likeness (QED) is 0.647. The summed E-state index contributed by atoms with van der Waals surface area (Å²) in [4.78, 5) is 38.4. The van der Waals surface area contributed by atoms with Gasteiger partial charge in [0.2, 0.25) is 0 Å². The molecule has 2 unspecified atom stereocenters. The SMILES string of the molecule is CC(C)(C)OC(=O)NCC1CCC(C(=O)O)CN1C(=O)OCC1c2ccccc2-c2ccccc21. The van der Waals surface area contributed by atoms with Crippen molar-refractivity contribution in [1.82, 2.24) is 10.2 Å². The molecule has 2 amide bonds. The fourth-order valence-electron chi connectivity index (χ4n) is 4.86. The van der Waals surface area contributed by atoms with Crippen molar-refractivity contribution < 1.29 is 29.0 Å². The Balaban J connectivity index is 1.45. The van der Waals surface area contributed by atoms with E-state index in [-0.39, 0.29) is 31.7 Å². The lowest BCUT2D eigenvalue weighted by molar-refractivity contribution is -0.143. The number of hydrogen-bond acceptors (Lipinski definition) is 5. The van der Waals surface area contributed by atoms with E-state index in [4.69, 9.17) is 9.47 Å². The zero-order valence-corrected chi connectivity index (χ0v) is 20.3. The Labute approximate surface area is 205 Å². The first-order chi connectivity index (χ1) is 16.6. The Morgan fingerprint density at radius 1 is 1.00 bits per heavy atom. The van der Waals surface area contributed by atoms with E-state index in [1.165, 1.54) is 4.90 Å². The molecule has 2 atom stereocenters. The first kappa shape index (κ1) is 24.6. The number of fused-ring (bicyclic) bond motifs is 3. The largest absolute Gasteiger partial charge is 0.481 e. The minimum absolute atomic E-state index is 0.0344. The second-order valence-corrected chi connectivity index (χ2v) is 10.1. The summed E-state index contributed by atoms with van der Waals surface area (Å²) in [6.45, 7) is 5.65. The number of aliphatic carboxylic acids is 1. The number of carboxylic acid groups (broad SMARTS) is 1. The second kappa shape index (κ2) is 9.98. The number of carbonyl (C=O) groups is 3. The maximum Gasteiger partial charge on any atom is 0.410 e. The van der Waals surface area contributed by atoms with Crippen molar-refractivity contribution in [2.45, 2.75) is 51.2 Å². The maximum absolute atomic E-state index is 13.2. The van der Waals surface area contributed by atoms with Gasteiger partial charge in [-0.15, -0.1) is 0 Å². The highest BCUT2D eigenvalue weighted by Crippen LogP contribution is 2.44. The number of nitrogens with zero attached hydrogens (tertiary/aromatic N) is 1. The van der Waals surface area contributed by atoms with Crippen LogP contribution in [0.1, 0.15) is 50.7 Å². The van der Waals surface area contributed by atoms with E-state index in [9.17, 15) is 19.5 Å². The molecule has 0 radical (unpaired) electrons. The lowest BCUT2D eigenvalue weighted by atomic mass is 9.93. The highest BCUT2D eigenvalue weighted by molar-refractivity contribution is 5.79. The molecule has 8 heteroatoms. The Hall–Kier alpha value is -3.55. The van der Waals surface area contributed by atoms with Crippen LogP contribution < -0.4 is 5.32 Å². The molecule has 0 aromatic heterocycles. The number of amides is 2. The number of hydrogen-bond donors (Lipinski definition) is 2. The van der Waals surface area contributed by atoms with Gasteiger partial charge >= 0.3 is 18.2 Å². The molecule has 2 aliphatic rings. The molecule has 1 fully saturated rings. The minimum Gasteiger partial charge on any atom is -0.481 e. The number of piperidine rings is 1. The first-order valence-electron chi connectivity index (χ1n) is 12.0. The molecule has 35 heavy (non-hydrogen) atoms. The predicted molar refractivity (Wildman–Crippen MR) is 130 cm³/mol. The molecule has 1 aliphatic heterocycles. The molecule has 0 spiro atoms. The van der Waals surface area contributed by atoms with Crippen molar-refractivity contribution in [1.29, 1.82) is 0 Å². The van der Waals surface area contributed by atoms with Crippen LogP contribution in [0.2, 0.25) is 0 Å². The van der Waals surface area contributed by atoms with E-state index < -0.39 is 29.7 Å². The van der Waals surface area contributed by atoms with Crippen LogP contribution in [-0.4, -0.2) is 59.5 Å². The van der Waals surface area contributed by atoms with E-state index in [1.54, 1.807) is 20.8 Å². The van der Waals surface area contributed by atoms with Gasteiger partial charge in [0.15, 0.2) is 0 Å². The Morgan fingerprint density at radius 3 is 2.17 bits per heavy atom. The molecule has 1 aliphatic carbocycles. The summed E-state index contributed by atoms with van der Waals surface area (Å²) in [6.07, 6.45) is -0.292. The lowest BCUT2D eigenvalue weighted by Crippen LogP contribution is -2.53. The van der Waals surface area contributed by atoms with Gasteiger partial charge in [0.25, 0.3) is 0 Å². The minimum atomic E-state index is -0.944. The number of carbonyl (C=O) groups excluding carboxylic acids is 2. The summed E-state index contributed by atoms with van der Waals surface area (Å²) in [5, 5.41) is 12.2. The third kappa shape index (κ3) is 5.58. The van der Waals surface area contributed by atoms with Crippen LogP contribution in [0, 0.1) is 5.92 Å². The highest BCUT2D eigenvalue weighted by atomic mass is 16.6. The topological polar surface area (TPSA) is 105 Å². The average molecular weight is 481 g/mol. The summed E-state index contributed by atoms with van der Waals surface area (Å²) < 4.78 is 11.1. The highest BCUT2D eigenvalue weighted by Gasteiger charge is 2.37. The van der Waals surface area contributed by atoms with Crippen LogP contribution in [0.3, 0.4) is 0 Å². The summed E-state index contributed by atoms with van der Waals surface area (Å²) in [5.74, 6) is -1.71. The number of ether oxygens (including phenoxy) is 2. The Morgan fingerprint density at radius 2 is 1.60 bits per heavy atom. The number of benzene rings is 2. The molecule has 2 aromatic carbocycles. The molecule has 0 bridgehead atoms. The monoisotopic (exact) mass is 480 g/mol. The standard InChI is InChI=1S/C27H32N2O6/c1-27(2,3)35-25(32)28-14-18-13-12-17(24(30)31)15-29(18)26(33)34-16-23-21-10-6-4-8-19(21)20-9-5-7-11-22(20)23/h4-11,17-18,23H,12-16H2,1-3H3,(H,28,32)(H,30,31). The third-order valence-electron chi connectivity index (χ3n) is 6.51. The van der Waals surface area contributed by atoms with Crippen molar-refractivity contribution in [3.05, 3.63) is 59.7 Å². The van der Waals surface area contributed by atoms with Gasteiger partial charge in [-0.2, -0.15) is 0 Å². The fourth-order valence-corrected chi connectivity index (χ4v) is 4.86. The molecule has 1 saturated heterocycles. The maximum atomic E-state index is 13.2. The van der Waals surface area contributed by atoms with Gasteiger partial charge in [-0.1, -0.05) is 48.5 Å². The second-order valence-electron chi connectivity index (χ2n) is 10.1. The molecule has 2 aromatic rings. The number of alkyl carbamates (subject to hydrolysis) is 1. The van der Waals surface area contributed by atoms with Crippen LogP contribution in [0.25, 0.3) is 11.1 Å². The van der Waals surface area contributed by atoms with Gasteiger partial charge in [0, 0.05) is 19.0 Å². The fraction of sp³-hybridized carbons (Fsp3) is 0.444. The molecule has 2 N–H and O–H groups in total. The first-order valence-corrected chi connectivity index (χ1v) is 12.0. The Bertz CT molecular complexity index is 1060. The number of nitrogens with one attached hydrogen (secondary N) is 1. The van der Waals surface area contributed by atoms with E-state index in [2.05, 4.69) is 17.4 Å². The molecular weight excluding hydrogens is 448 g/mol. The van der Waals surface area contributed by atoms with Crippen LogP contribution in [-0.2, 0) is 14.3 Å². The summed E-state index contributed by atoms with van der Waals surface area (Å²) in [6, 6.07) is 15.8. The summed E-state index contributed by atoms with van der Waals surface area (Å²) >= 11 is 0. The van der Waals surface area contributed by atoms with Gasteiger partial charge in [-0.3, -0.25) is 4.79 Å². The van der Waals surface area contributed by atoms with E-state index in [0.29, 0.717) is 12.8 Å². The summed E-state index contributed by atoms with van der Waals surface area (Å²) in [5.41, 5.74) is 3.83. The molecule has 186 valence electrons. The van der Waals surface area contributed by atoms with Gasteiger partial charge in [0.05, 0.1) is 12.0 Å². The zero-order valence-electron chi connectivity index (χ0n) is 20.3. The van der Waals surface area contributed by atoms with Crippen LogP contribution >= 0.6 is 0 Å². The van der Waals surface area contributed by atoms with Crippen molar-refractivity contribution in [2.24, 2.45) is 5.92 Å². The molecule has 8 nitrogen and oxygen atoms in total. The number of carboxylic acids is 1. The number of rotatable bonds is 5. The van der Waals surface area contributed by atoms with Crippen LogP contribution in [0.4, 0.5) is 9.59 Å². The van der Waals surface area contributed by atoms with Crippen molar-refractivity contribution >= 4 is 18.2 Å². The molecule has 1 heterocycles. The van der Waals surface area contributed by atoms with Crippen molar-refractivity contribution in [3.63, 3.8) is 0 Å². The normalized spacial score (nSPS) is 19.5. The van der Waals surface area contributed by atoms with Gasteiger partial charge in [-0.05, 0) is 55.9 Å². The lowest BCUT2D eigenvalue weighted by Gasteiger charge is -2.37. The van der Waals surface area contributed by atoms with Gasteiger partial charge in [-0.25, -0.2) is 9.59 Å². The van der Waals surface area contributed by atoms with Crippen molar-refractivity contribution in [3.8, 4) is 11.1 Å². The van der Waals surface area contributed by atoms with Crippen LogP contribution in [0.5, 0.6) is 0 Å². The van der Waals surface area contributed by atoms with E-state index in [0.717, 1.165) is 22.3 Å². The van der Waals surface area contributed by atoms with Gasteiger partial charge in [0.1, 0.15) is 12.2 Å². The summed E-state index contributed by atoms with van der Waals surface area (Å²) in [7, 11) is 0. The molecular formula is C27H32N2O6. The van der Waals surface area contributed by atoms with Crippen LogP contribution in [0.15, 0.2) is 48.5 Å². The predicted octanol–water partition coefficient (Wildman–Crippen LogP) is 4.63. The van der Waals surface area contributed by atoms with E-state index in [1.807, 2.05) is 36.4 Å². The molecule has 4 rings (SSSR count). The smallest absolute Gasteiger partial charge is 0.410 e. The average Bonchev–Trinajstić information content (AvgIpc) is 3.13. The Kier molecular flexibility index (Phi) is 7.00. The van der Waals surface area contributed by atoms with Crippen molar-refractivity contribution in [2.75, 3.05) is 19.7 Å². The van der Waals surface area contributed by atoms with Gasteiger partial charge < -0.3 is 24.8 Å².